The molecule has 1 aliphatic heterocycles. The maximum absolute atomic E-state index is 5.34. The maximum atomic E-state index is 5.34. The molecule has 0 unspecified atom stereocenters. The van der Waals surface area contributed by atoms with Crippen LogP contribution in [0.15, 0.2) is 6.20 Å². The van der Waals surface area contributed by atoms with Crippen molar-refractivity contribution in [2.45, 2.75) is 26.3 Å². The second kappa shape index (κ2) is 4.28. The second-order valence-electron chi connectivity index (χ2n) is 3.90. The lowest BCUT2D eigenvalue weighted by Gasteiger charge is -2.22. The van der Waals surface area contributed by atoms with Crippen LogP contribution in [0.4, 0.5) is 0 Å². The molecule has 0 aromatic carbocycles. The van der Waals surface area contributed by atoms with Crippen LogP contribution in [-0.4, -0.2) is 22.8 Å². The van der Waals surface area contributed by atoms with Crippen molar-refractivity contribution >= 4 is 12.2 Å². The molecule has 2 heterocycles. The Balaban J connectivity index is 2.06. The Morgan fingerprint density at radius 2 is 2.29 bits per heavy atom. The van der Waals surface area contributed by atoms with Gasteiger partial charge in [-0.25, -0.2) is 0 Å². The number of H-pyrrole nitrogens is 1. The number of aromatic nitrogens is 2. The van der Waals surface area contributed by atoms with Crippen LogP contribution in [0.25, 0.3) is 0 Å². The van der Waals surface area contributed by atoms with E-state index in [1.165, 1.54) is 5.69 Å². The van der Waals surface area contributed by atoms with Crippen molar-refractivity contribution in [2.24, 2.45) is 5.92 Å². The van der Waals surface area contributed by atoms with Gasteiger partial charge in [-0.2, -0.15) is 0 Å². The summed E-state index contributed by atoms with van der Waals surface area (Å²) in [6, 6.07) is 0. The Hall–Kier alpha value is -0.610. The monoisotopic (exact) mass is 212 g/mol. The Morgan fingerprint density at radius 1 is 1.57 bits per heavy atom. The molecule has 1 aliphatic rings. The molecular formula is C10H16N2OS. The highest BCUT2D eigenvalue weighted by molar-refractivity contribution is 7.71. The summed E-state index contributed by atoms with van der Waals surface area (Å²) >= 11 is 5.22. The fourth-order valence-corrected chi connectivity index (χ4v) is 2.17. The van der Waals surface area contributed by atoms with Crippen molar-refractivity contribution < 1.29 is 4.74 Å². The van der Waals surface area contributed by atoms with Crippen LogP contribution < -0.4 is 0 Å². The van der Waals surface area contributed by atoms with Crippen molar-refractivity contribution in [1.82, 2.24) is 9.55 Å². The van der Waals surface area contributed by atoms with Gasteiger partial charge in [-0.05, 0) is 37.9 Å². The fourth-order valence-electron chi connectivity index (χ4n) is 1.90. The summed E-state index contributed by atoms with van der Waals surface area (Å²) in [6.07, 6.45) is 4.29. The molecule has 3 nitrogen and oxygen atoms in total. The van der Waals surface area contributed by atoms with Crippen molar-refractivity contribution in [2.75, 3.05) is 13.2 Å². The summed E-state index contributed by atoms with van der Waals surface area (Å²) in [7, 11) is 0. The first-order valence-corrected chi connectivity index (χ1v) is 5.51. The third kappa shape index (κ3) is 2.07. The van der Waals surface area contributed by atoms with Gasteiger partial charge in [0.05, 0.1) is 0 Å². The number of nitrogens with one attached hydrogen (secondary N) is 1. The first kappa shape index (κ1) is 9.93. The number of imidazole rings is 1. The zero-order valence-electron chi connectivity index (χ0n) is 8.45. The van der Waals surface area contributed by atoms with Crippen molar-refractivity contribution in [3.8, 4) is 0 Å². The average Bonchev–Trinajstić information content (AvgIpc) is 2.51. The quantitative estimate of drug-likeness (QED) is 0.762. The van der Waals surface area contributed by atoms with Crippen molar-refractivity contribution in [3.05, 3.63) is 16.7 Å². The third-order valence-corrected chi connectivity index (χ3v) is 3.20. The van der Waals surface area contributed by atoms with E-state index in [0.717, 1.165) is 43.3 Å². The molecule has 0 spiro atoms. The van der Waals surface area contributed by atoms with E-state index in [-0.39, 0.29) is 0 Å². The minimum absolute atomic E-state index is 0.727. The van der Waals surface area contributed by atoms with Crippen molar-refractivity contribution in [3.63, 3.8) is 0 Å². The van der Waals surface area contributed by atoms with E-state index in [9.17, 15) is 0 Å². The van der Waals surface area contributed by atoms with E-state index in [4.69, 9.17) is 17.0 Å². The van der Waals surface area contributed by atoms with Gasteiger partial charge in [0, 0.05) is 31.6 Å². The van der Waals surface area contributed by atoms with E-state index in [1.54, 1.807) is 0 Å². The third-order valence-electron chi connectivity index (χ3n) is 2.86. The summed E-state index contributed by atoms with van der Waals surface area (Å²) in [6.45, 7) is 4.94. The molecule has 1 aromatic rings. The van der Waals surface area contributed by atoms with E-state index in [1.807, 2.05) is 6.20 Å². The zero-order chi connectivity index (χ0) is 9.97. The first-order chi connectivity index (χ1) is 6.77. The summed E-state index contributed by atoms with van der Waals surface area (Å²) in [5.41, 5.74) is 1.22. The lowest BCUT2D eigenvalue weighted by Crippen LogP contribution is -2.20. The van der Waals surface area contributed by atoms with E-state index >= 15 is 0 Å². The fraction of sp³-hybridized carbons (Fsp3) is 0.700. The predicted octanol–water partition coefficient (Wildman–Crippen LogP) is 2.28. The predicted molar refractivity (Wildman–Crippen MR) is 57.9 cm³/mol. The molecule has 0 amide bonds. The minimum atomic E-state index is 0.727. The zero-order valence-corrected chi connectivity index (χ0v) is 9.27. The molecule has 0 bridgehead atoms. The number of hydrogen-bond donors (Lipinski definition) is 1. The van der Waals surface area contributed by atoms with Gasteiger partial charge in [0.25, 0.3) is 0 Å². The smallest absolute Gasteiger partial charge is 0.177 e. The first-order valence-electron chi connectivity index (χ1n) is 5.10. The molecule has 1 fully saturated rings. The van der Waals surface area contributed by atoms with E-state index in [0.29, 0.717) is 0 Å². The number of aryl methyl sites for hydroxylation is 1. The molecule has 78 valence electrons. The molecule has 0 atom stereocenters. The maximum Gasteiger partial charge on any atom is 0.177 e. The molecular weight excluding hydrogens is 196 g/mol. The van der Waals surface area contributed by atoms with Crippen LogP contribution in [-0.2, 0) is 11.3 Å². The molecule has 2 rings (SSSR count). The number of ether oxygens (including phenoxy) is 1. The highest BCUT2D eigenvalue weighted by Crippen LogP contribution is 2.17. The van der Waals surface area contributed by atoms with Gasteiger partial charge in [-0.3, -0.25) is 0 Å². The minimum Gasteiger partial charge on any atom is -0.381 e. The van der Waals surface area contributed by atoms with Crippen LogP contribution in [0.3, 0.4) is 0 Å². The van der Waals surface area contributed by atoms with Gasteiger partial charge in [0.1, 0.15) is 0 Å². The molecule has 0 radical (unpaired) electrons. The number of hydrogen-bond acceptors (Lipinski definition) is 2. The Labute approximate surface area is 89.1 Å². The van der Waals surface area contributed by atoms with Crippen LogP contribution in [0.5, 0.6) is 0 Å². The highest BCUT2D eigenvalue weighted by atomic mass is 32.1. The summed E-state index contributed by atoms with van der Waals surface area (Å²) in [4.78, 5) is 3.07. The van der Waals surface area contributed by atoms with Crippen LogP contribution in [0, 0.1) is 17.6 Å². The standard InChI is InChI=1S/C10H16N2OS/c1-8-6-11-10(14)12(8)7-9-2-4-13-5-3-9/h6,9H,2-5,7H2,1H3,(H,11,14). The Bertz CT molecular complexity index is 349. The Kier molecular flexibility index (Phi) is 3.03. The summed E-state index contributed by atoms with van der Waals surface area (Å²) in [5, 5.41) is 0. The second-order valence-corrected chi connectivity index (χ2v) is 4.29. The molecule has 0 saturated carbocycles. The van der Waals surface area contributed by atoms with Crippen LogP contribution >= 0.6 is 12.2 Å². The van der Waals surface area contributed by atoms with Crippen LogP contribution in [0.2, 0.25) is 0 Å². The average molecular weight is 212 g/mol. The van der Waals surface area contributed by atoms with Gasteiger partial charge < -0.3 is 14.3 Å². The SMILES string of the molecule is Cc1c[nH]c(=S)n1CC1CCOCC1. The summed E-state index contributed by atoms with van der Waals surface area (Å²) in [5.74, 6) is 0.727. The Morgan fingerprint density at radius 3 is 2.86 bits per heavy atom. The largest absolute Gasteiger partial charge is 0.381 e. The van der Waals surface area contributed by atoms with Gasteiger partial charge in [-0.1, -0.05) is 0 Å². The van der Waals surface area contributed by atoms with Gasteiger partial charge in [-0.15, -0.1) is 0 Å². The molecule has 0 aliphatic carbocycles. The van der Waals surface area contributed by atoms with E-state index < -0.39 is 0 Å². The lowest BCUT2D eigenvalue weighted by atomic mass is 10.0. The number of aromatic amines is 1. The van der Waals surface area contributed by atoms with E-state index in [2.05, 4.69) is 16.5 Å². The number of nitrogens with zero attached hydrogens (tertiary/aromatic N) is 1. The van der Waals surface area contributed by atoms with Crippen LogP contribution in [0.1, 0.15) is 18.5 Å². The highest BCUT2D eigenvalue weighted by Gasteiger charge is 2.15. The van der Waals surface area contributed by atoms with Gasteiger partial charge >= 0.3 is 0 Å². The van der Waals surface area contributed by atoms with Crippen molar-refractivity contribution in [1.29, 1.82) is 0 Å². The summed E-state index contributed by atoms with van der Waals surface area (Å²) < 4.78 is 8.36. The topological polar surface area (TPSA) is 29.9 Å². The molecule has 14 heavy (non-hydrogen) atoms. The number of rotatable bonds is 2. The van der Waals surface area contributed by atoms with Gasteiger partial charge in [0.2, 0.25) is 0 Å². The molecule has 1 N–H and O–H groups in total. The molecule has 4 heteroatoms. The lowest BCUT2D eigenvalue weighted by molar-refractivity contribution is 0.0610. The van der Waals surface area contributed by atoms with Gasteiger partial charge in [0.15, 0.2) is 4.77 Å². The normalized spacial score (nSPS) is 18.6. The molecule has 1 saturated heterocycles. The molecule has 1 aromatic heterocycles.